The Balaban J connectivity index is 1.77. The summed E-state index contributed by atoms with van der Waals surface area (Å²) < 4.78 is 40.1. The number of aromatic nitrogens is 1. The number of aliphatic carboxylic acids is 1. The zero-order valence-corrected chi connectivity index (χ0v) is 21.3. The molecule has 196 valence electrons. The molecule has 1 aromatic heterocycles. The molecule has 0 saturated carbocycles. The number of piperidine rings is 1. The number of alkyl halides is 3. The van der Waals surface area contributed by atoms with E-state index in [0.29, 0.717) is 19.4 Å². The van der Waals surface area contributed by atoms with Gasteiger partial charge >= 0.3 is 12.1 Å². The van der Waals surface area contributed by atoms with Crippen LogP contribution < -0.4 is 0 Å². The Kier molecular flexibility index (Phi) is 7.47. The average molecular weight is 511 g/mol. The van der Waals surface area contributed by atoms with Crippen molar-refractivity contribution in [3.05, 3.63) is 90.2 Å². The number of allylic oxidation sites excluding steroid dienone is 3. The molecular formula is C30H33F3N2O2. The van der Waals surface area contributed by atoms with Gasteiger partial charge in [-0.1, -0.05) is 62.1 Å². The monoisotopic (exact) mass is 510 g/mol. The number of hydrogen-bond donors (Lipinski definition) is 1. The Bertz CT molecular complexity index is 1280. The molecule has 7 heteroatoms. The number of carbonyl (C=O) groups is 1. The highest BCUT2D eigenvalue weighted by Crippen LogP contribution is 2.48. The first-order chi connectivity index (χ1) is 17.4. The Morgan fingerprint density at radius 1 is 1.30 bits per heavy atom. The highest BCUT2D eigenvalue weighted by molar-refractivity contribution is 5.79. The molecule has 1 aliphatic heterocycles. The quantitative estimate of drug-likeness (QED) is 0.394. The number of benzene rings is 1. The van der Waals surface area contributed by atoms with Crippen molar-refractivity contribution in [2.75, 3.05) is 6.54 Å². The summed E-state index contributed by atoms with van der Waals surface area (Å²) in [7, 11) is 0. The number of nitrogens with zero attached hydrogens (tertiary/aromatic N) is 2. The fourth-order valence-electron chi connectivity index (χ4n) is 5.71. The fraction of sp³-hybridized carbons (Fsp3) is 0.400. The third-order valence-corrected chi connectivity index (χ3v) is 7.85. The summed E-state index contributed by atoms with van der Waals surface area (Å²) in [5.74, 6) is -0.923. The van der Waals surface area contributed by atoms with Crippen LogP contribution in [0.15, 0.2) is 84.6 Å². The molecule has 4 rings (SSSR count). The molecule has 0 bridgehead atoms. The SMILES string of the molecule is C=C(C)C(=C)[C@H](c1cnc2ccccc2c1)N1CC[C@@H](CC(=O)O)C[C@H]1C1(C)C=CC(C(F)(F)F)=CC1. The molecule has 1 aromatic carbocycles. The average Bonchev–Trinajstić information content (AvgIpc) is 2.84. The van der Waals surface area contributed by atoms with E-state index < -0.39 is 23.1 Å². The van der Waals surface area contributed by atoms with Gasteiger partial charge < -0.3 is 5.11 Å². The van der Waals surface area contributed by atoms with Gasteiger partial charge in [-0.3, -0.25) is 14.7 Å². The number of pyridine rings is 1. The Labute approximate surface area is 215 Å². The van der Waals surface area contributed by atoms with Gasteiger partial charge in [0.25, 0.3) is 0 Å². The summed E-state index contributed by atoms with van der Waals surface area (Å²) in [4.78, 5) is 18.5. The second-order valence-electron chi connectivity index (χ2n) is 10.6. The number of fused-ring (bicyclic) bond motifs is 1. The minimum absolute atomic E-state index is 0.0391. The highest BCUT2D eigenvalue weighted by atomic mass is 19.4. The molecule has 0 amide bonds. The fourth-order valence-corrected chi connectivity index (χ4v) is 5.71. The predicted octanol–water partition coefficient (Wildman–Crippen LogP) is 7.42. The minimum atomic E-state index is -4.40. The number of hydrogen-bond acceptors (Lipinski definition) is 3. The lowest BCUT2D eigenvalue weighted by atomic mass is 9.68. The van der Waals surface area contributed by atoms with Crippen molar-refractivity contribution >= 4 is 16.9 Å². The van der Waals surface area contributed by atoms with Crippen molar-refractivity contribution in [3.63, 3.8) is 0 Å². The van der Waals surface area contributed by atoms with Crippen LogP contribution in [0.2, 0.25) is 0 Å². The van der Waals surface area contributed by atoms with Gasteiger partial charge in [-0.05, 0) is 61.9 Å². The van der Waals surface area contributed by atoms with Crippen LogP contribution in [0.25, 0.3) is 10.9 Å². The van der Waals surface area contributed by atoms with Crippen LogP contribution in [0.4, 0.5) is 13.2 Å². The molecule has 0 radical (unpaired) electrons. The normalized spacial score (nSPS) is 25.5. The Morgan fingerprint density at radius 3 is 2.65 bits per heavy atom. The van der Waals surface area contributed by atoms with Crippen LogP contribution in [0.5, 0.6) is 0 Å². The summed E-state index contributed by atoms with van der Waals surface area (Å²) in [5.41, 5.74) is 2.17. The molecule has 2 aromatic rings. The number of likely N-dealkylation sites (tertiary alicyclic amines) is 1. The van der Waals surface area contributed by atoms with Crippen LogP contribution in [0, 0.1) is 11.3 Å². The molecule has 37 heavy (non-hydrogen) atoms. The first kappa shape index (κ1) is 26.9. The topological polar surface area (TPSA) is 53.4 Å². The number of para-hydroxylation sites is 1. The van der Waals surface area contributed by atoms with Crippen molar-refractivity contribution in [1.82, 2.24) is 9.88 Å². The summed E-state index contributed by atoms with van der Waals surface area (Å²) in [6.07, 6.45) is 3.01. The van der Waals surface area contributed by atoms with E-state index in [-0.39, 0.29) is 30.8 Å². The van der Waals surface area contributed by atoms with Crippen LogP contribution in [0.3, 0.4) is 0 Å². The molecule has 4 nitrogen and oxygen atoms in total. The molecule has 1 N–H and O–H groups in total. The van der Waals surface area contributed by atoms with Crippen LogP contribution in [0.1, 0.15) is 51.1 Å². The van der Waals surface area contributed by atoms with Gasteiger partial charge in [0.2, 0.25) is 0 Å². The minimum Gasteiger partial charge on any atom is -0.481 e. The van der Waals surface area contributed by atoms with E-state index in [4.69, 9.17) is 0 Å². The molecule has 2 aliphatic rings. The molecule has 0 spiro atoms. The van der Waals surface area contributed by atoms with E-state index in [2.05, 4.69) is 29.1 Å². The van der Waals surface area contributed by atoms with Crippen molar-refractivity contribution in [2.24, 2.45) is 11.3 Å². The predicted molar refractivity (Wildman–Crippen MR) is 140 cm³/mol. The summed E-state index contributed by atoms with van der Waals surface area (Å²) in [6, 6.07) is 9.42. The van der Waals surface area contributed by atoms with Gasteiger partial charge in [-0.2, -0.15) is 13.2 Å². The lowest BCUT2D eigenvalue weighted by molar-refractivity contribution is -0.139. The molecule has 2 heterocycles. The molecule has 1 fully saturated rings. The van der Waals surface area contributed by atoms with E-state index in [1.807, 2.05) is 44.3 Å². The smallest absolute Gasteiger partial charge is 0.416 e. The first-order valence-electron chi connectivity index (χ1n) is 12.5. The van der Waals surface area contributed by atoms with Gasteiger partial charge in [0.15, 0.2) is 0 Å². The second kappa shape index (κ2) is 10.3. The summed E-state index contributed by atoms with van der Waals surface area (Å²) >= 11 is 0. The molecular weight excluding hydrogens is 477 g/mol. The third-order valence-electron chi connectivity index (χ3n) is 7.85. The Morgan fingerprint density at radius 2 is 2.03 bits per heavy atom. The lowest BCUT2D eigenvalue weighted by Crippen LogP contribution is -2.53. The first-order valence-corrected chi connectivity index (χ1v) is 12.5. The molecule has 1 unspecified atom stereocenters. The maximum absolute atomic E-state index is 13.4. The van der Waals surface area contributed by atoms with E-state index in [0.717, 1.165) is 27.6 Å². The second-order valence-corrected chi connectivity index (χ2v) is 10.6. The number of halogens is 3. The van der Waals surface area contributed by atoms with Gasteiger partial charge in [-0.15, -0.1) is 0 Å². The van der Waals surface area contributed by atoms with E-state index in [1.165, 1.54) is 12.2 Å². The molecule has 4 atom stereocenters. The maximum Gasteiger partial charge on any atom is 0.416 e. The third kappa shape index (κ3) is 5.72. The Hall–Kier alpha value is -3.19. The zero-order chi connectivity index (χ0) is 27.0. The zero-order valence-electron chi connectivity index (χ0n) is 21.3. The van der Waals surface area contributed by atoms with Crippen LogP contribution in [-0.2, 0) is 4.79 Å². The lowest BCUT2D eigenvalue weighted by Gasteiger charge is -2.51. The van der Waals surface area contributed by atoms with Gasteiger partial charge in [-0.25, -0.2) is 0 Å². The van der Waals surface area contributed by atoms with Crippen LogP contribution in [-0.4, -0.2) is 39.7 Å². The molecule has 1 saturated heterocycles. The number of rotatable bonds is 7. The van der Waals surface area contributed by atoms with E-state index in [9.17, 15) is 23.1 Å². The van der Waals surface area contributed by atoms with Crippen molar-refractivity contribution in [3.8, 4) is 0 Å². The van der Waals surface area contributed by atoms with Crippen molar-refractivity contribution < 1.29 is 23.1 Å². The number of carboxylic acid groups (broad SMARTS) is 1. The standard InChI is InChI=1S/C30H33F3N2O2/c1-19(2)20(3)28(23-17-22-7-5-6-8-25(22)34-18-23)35-14-11-21(16-27(36)37)15-26(35)29(4)12-9-24(10-13-29)30(31,32)33/h5-10,12,17-18,21,26,28H,1,3,11,13-16H2,2,4H3,(H,36,37)/t21-,26+,28-,29?/m1/s1. The number of carboxylic acids is 1. The summed E-state index contributed by atoms with van der Waals surface area (Å²) in [6.45, 7) is 12.9. The van der Waals surface area contributed by atoms with Gasteiger partial charge in [0, 0.05) is 29.5 Å². The summed E-state index contributed by atoms with van der Waals surface area (Å²) in [5, 5.41) is 10.5. The van der Waals surface area contributed by atoms with Crippen molar-refractivity contribution in [1.29, 1.82) is 0 Å². The van der Waals surface area contributed by atoms with E-state index in [1.54, 1.807) is 6.08 Å². The highest BCUT2D eigenvalue weighted by Gasteiger charge is 2.45. The van der Waals surface area contributed by atoms with Gasteiger partial charge in [0.05, 0.1) is 17.1 Å². The maximum atomic E-state index is 13.4. The largest absolute Gasteiger partial charge is 0.481 e. The van der Waals surface area contributed by atoms with Crippen LogP contribution >= 0.6 is 0 Å². The van der Waals surface area contributed by atoms with E-state index >= 15 is 0 Å². The molecule has 1 aliphatic carbocycles. The van der Waals surface area contributed by atoms with Crippen molar-refractivity contribution in [2.45, 2.75) is 57.8 Å². The van der Waals surface area contributed by atoms with Gasteiger partial charge in [0.1, 0.15) is 0 Å².